The van der Waals surface area contributed by atoms with Gasteiger partial charge in [-0.3, -0.25) is 9.59 Å². The molecule has 0 saturated carbocycles. The number of carbonyl (C=O) groups excluding carboxylic acids is 2. The smallest absolute Gasteiger partial charge is 0.249 e. The number of nitrogens with one attached hydrogen (secondary N) is 2. The Bertz CT molecular complexity index is 924. The van der Waals surface area contributed by atoms with Crippen LogP contribution in [0.2, 0.25) is 0 Å². The first-order valence-electron chi connectivity index (χ1n) is 8.75. The van der Waals surface area contributed by atoms with Gasteiger partial charge in [-0.1, -0.05) is 17.7 Å². The van der Waals surface area contributed by atoms with E-state index >= 15 is 0 Å². The minimum absolute atomic E-state index is 0.0813. The first-order valence-corrected chi connectivity index (χ1v) is 9.74. The fourth-order valence-corrected chi connectivity index (χ4v) is 3.10. The number of hydrogen-bond donors (Lipinski definition) is 2. The van der Waals surface area contributed by atoms with Crippen molar-refractivity contribution >= 4 is 35.0 Å². The van der Waals surface area contributed by atoms with Crippen molar-refractivity contribution in [2.24, 2.45) is 0 Å². The Balaban J connectivity index is 1.49. The fraction of sp³-hybridized carbons (Fsp3) is 0.200. The molecule has 0 aliphatic rings. The van der Waals surface area contributed by atoms with E-state index in [0.717, 1.165) is 4.90 Å². The Labute approximate surface area is 167 Å². The van der Waals surface area contributed by atoms with Gasteiger partial charge >= 0.3 is 0 Å². The summed E-state index contributed by atoms with van der Waals surface area (Å²) in [6.45, 7) is 3.77. The van der Waals surface area contributed by atoms with Crippen molar-refractivity contribution in [1.29, 1.82) is 0 Å². The van der Waals surface area contributed by atoms with Crippen molar-refractivity contribution in [2.75, 3.05) is 16.4 Å². The van der Waals surface area contributed by atoms with Crippen LogP contribution in [0.25, 0.3) is 0 Å². The lowest BCUT2D eigenvalue weighted by Gasteiger charge is -2.12. The summed E-state index contributed by atoms with van der Waals surface area (Å²) in [5, 5.41) is 9.64. The average Bonchev–Trinajstić information content (AvgIpc) is 3.23. The Hall–Kier alpha value is -3.13. The van der Waals surface area contributed by atoms with Crippen molar-refractivity contribution in [1.82, 2.24) is 14.8 Å². The zero-order valence-corrected chi connectivity index (χ0v) is 16.4. The van der Waals surface area contributed by atoms with E-state index in [2.05, 4.69) is 20.7 Å². The Morgan fingerprint density at radius 1 is 1.04 bits per heavy atom. The number of carbonyl (C=O) groups is 2. The summed E-state index contributed by atoms with van der Waals surface area (Å²) in [7, 11) is 0. The van der Waals surface area contributed by atoms with Gasteiger partial charge in [-0.05, 0) is 50.2 Å². The molecule has 1 aromatic heterocycles. The predicted molar refractivity (Wildman–Crippen MR) is 110 cm³/mol. The highest BCUT2D eigenvalue weighted by atomic mass is 32.2. The maximum atomic E-state index is 12.2. The van der Waals surface area contributed by atoms with Gasteiger partial charge in [0, 0.05) is 16.3 Å². The van der Waals surface area contributed by atoms with Gasteiger partial charge in [0.25, 0.3) is 0 Å². The predicted octanol–water partition coefficient (Wildman–Crippen LogP) is 3.52. The minimum atomic E-state index is -0.472. The standard InChI is InChI=1S/C20H21N5O2S/c1-14-3-9-18(10-4-14)28-11-19(26)23-16-5-7-17(8-6-16)24-20(27)15(2)25-13-21-12-22-25/h3-10,12-13,15H,11H2,1-2H3,(H,23,26)(H,24,27). The molecule has 1 heterocycles. The number of hydrogen-bond acceptors (Lipinski definition) is 5. The number of anilines is 2. The molecular weight excluding hydrogens is 374 g/mol. The molecule has 0 aliphatic heterocycles. The van der Waals surface area contributed by atoms with Gasteiger partial charge in [0.05, 0.1) is 5.75 Å². The van der Waals surface area contributed by atoms with Crippen LogP contribution in [-0.4, -0.2) is 32.3 Å². The van der Waals surface area contributed by atoms with Gasteiger partial charge in [0.15, 0.2) is 0 Å². The maximum absolute atomic E-state index is 12.2. The van der Waals surface area contributed by atoms with Gasteiger partial charge in [0.1, 0.15) is 18.7 Å². The SMILES string of the molecule is Cc1ccc(SCC(=O)Nc2ccc(NC(=O)C(C)n3cncn3)cc2)cc1. The van der Waals surface area contributed by atoms with E-state index in [9.17, 15) is 9.59 Å². The van der Waals surface area contributed by atoms with Crippen LogP contribution in [0.15, 0.2) is 66.1 Å². The molecular formula is C20H21N5O2S. The number of nitrogens with zero attached hydrogens (tertiary/aromatic N) is 3. The van der Waals surface area contributed by atoms with E-state index < -0.39 is 6.04 Å². The molecule has 1 atom stereocenters. The third kappa shape index (κ3) is 5.43. The van der Waals surface area contributed by atoms with E-state index in [1.165, 1.54) is 34.7 Å². The Kier molecular flexibility index (Phi) is 6.44. The molecule has 0 saturated heterocycles. The first kappa shape index (κ1) is 19.6. The molecule has 0 radical (unpaired) electrons. The molecule has 1 unspecified atom stereocenters. The van der Waals surface area contributed by atoms with E-state index in [0.29, 0.717) is 17.1 Å². The van der Waals surface area contributed by atoms with Crippen LogP contribution < -0.4 is 10.6 Å². The van der Waals surface area contributed by atoms with Crippen LogP contribution in [0.3, 0.4) is 0 Å². The molecule has 0 spiro atoms. The zero-order chi connectivity index (χ0) is 19.9. The minimum Gasteiger partial charge on any atom is -0.325 e. The molecule has 3 rings (SSSR count). The van der Waals surface area contributed by atoms with Gasteiger partial charge in [-0.25, -0.2) is 9.67 Å². The first-order chi connectivity index (χ1) is 13.5. The lowest BCUT2D eigenvalue weighted by atomic mass is 10.2. The number of aromatic nitrogens is 3. The number of rotatable bonds is 7. The van der Waals surface area contributed by atoms with Crippen LogP contribution in [0.4, 0.5) is 11.4 Å². The Morgan fingerprint density at radius 3 is 2.29 bits per heavy atom. The second kappa shape index (κ2) is 9.18. The van der Waals surface area contributed by atoms with Crippen LogP contribution >= 0.6 is 11.8 Å². The van der Waals surface area contributed by atoms with Crippen molar-refractivity contribution in [3.8, 4) is 0 Å². The maximum Gasteiger partial charge on any atom is 0.249 e. The second-order valence-electron chi connectivity index (χ2n) is 6.27. The normalized spacial score (nSPS) is 11.6. The summed E-state index contributed by atoms with van der Waals surface area (Å²) < 4.78 is 1.48. The summed E-state index contributed by atoms with van der Waals surface area (Å²) >= 11 is 1.49. The highest BCUT2D eigenvalue weighted by Crippen LogP contribution is 2.19. The highest BCUT2D eigenvalue weighted by Gasteiger charge is 2.15. The monoisotopic (exact) mass is 395 g/mol. The molecule has 0 fully saturated rings. The molecule has 0 bridgehead atoms. The molecule has 2 N–H and O–H groups in total. The van der Waals surface area contributed by atoms with Gasteiger partial charge in [0.2, 0.25) is 11.8 Å². The summed E-state index contributed by atoms with van der Waals surface area (Å²) in [6.07, 6.45) is 2.88. The summed E-state index contributed by atoms with van der Waals surface area (Å²) in [6, 6.07) is 14.6. The molecule has 144 valence electrons. The largest absolute Gasteiger partial charge is 0.325 e. The average molecular weight is 395 g/mol. The third-order valence-corrected chi connectivity index (χ3v) is 5.05. The summed E-state index contributed by atoms with van der Waals surface area (Å²) in [5.41, 5.74) is 2.51. The molecule has 28 heavy (non-hydrogen) atoms. The van der Waals surface area contributed by atoms with E-state index in [1.54, 1.807) is 31.2 Å². The molecule has 2 amide bonds. The second-order valence-corrected chi connectivity index (χ2v) is 7.32. The number of amides is 2. The van der Waals surface area contributed by atoms with Crippen LogP contribution in [-0.2, 0) is 9.59 Å². The lowest BCUT2D eigenvalue weighted by molar-refractivity contribution is -0.119. The van der Waals surface area contributed by atoms with Crippen molar-refractivity contribution in [3.63, 3.8) is 0 Å². The van der Waals surface area contributed by atoms with Crippen molar-refractivity contribution in [2.45, 2.75) is 24.8 Å². The summed E-state index contributed by atoms with van der Waals surface area (Å²) in [5.74, 6) is 0.0516. The van der Waals surface area contributed by atoms with E-state index in [1.807, 2.05) is 31.2 Å². The van der Waals surface area contributed by atoms with Gasteiger partial charge < -0.3 is 10.6 Å². The summed E-state index contributed by atoms with van der Waals surface area (Å²) in [4.78, 5) is 29.3. The molecule has 7 nitrogen and oxygen atoms in total. The van der Waals surface area contributed by atoms with Crippen LogP contribution in [0.5, 0.6) is 0 Å². The van der Waals surface area contributed by atoms with E-state index in [4.69, 9.17) is 0 Å². The number of thioether (sulfide) groups is 1. The Morgan fingerprint density at radius 2 is 1.68 bits per heavy atom. The fourth-order valence-electron chi connectivity index (χ4n) is 2.40. The van der Waals surface area contributed by atoms with Crippen LogP contribution in [0.1, 0.15) is 18.5 Å². The number of benzene rings is 2. The number of aryl methyl sites for hydroxylation is 1. The molecule has 3 aromatic rings. The third-order valence-electron chi connectivity index (χ3n) is 4.04. The lowest BCUT2D eigenvalue weighted by Crippen LogP contribution is -2.24. The molecule has 2 aromatic carbocycles. The van der Waals surface area contributed by atoms with Gasteiger partial charge in [-0.15, -0.1) is 11.8 Å². The topological polar surface area (TPSA) is 88.9 Å². The van der Waals surface area contributed by atoms with Gasteiger partial charge in [-0.2, -0.15) is 5.10 Å². The van der Waals surface area contributed by atoms with Crippen LogP contribution in [0, 0.1) is 6.92 Å². The van der Waals surface area contributed by atoms with Crippen molar-refractivity contribution in [3.05, 3.63) is 66.7 Å². The quantitative estimate of drug-likeness (QED) is 0.598. The highest BCUT2D eigenvalue weighted by molar-refractivity contribution is 8.00. The molecule has 0 aliphatic carbocycles. The molecule has 8 heteroatoms. The zero-order valence-electron chi connectivity index (χ0n) is 15.6. The van der Waals surface area contributed by atoms with E-state index in [-0.39, 0.29) is 11.8 Å². The van der Waals surface area contributed by atoms with Crippen molar-refractivity contribution < 1.29 is 9.59 Å².